The average molecular weight is 489 g/mol. The molecule has 4 rings (SSSR count). The highest BCUT2D eigenvalue weighted by Gasteiger charge is 2.28. The first-order valence-corrected chi connectivity index (χ1v) is 11.8. The van der Waals surface area contributed by atoms with Crippen LogP contribution in [-0.2, 0) is 9.47 Å². The van der Waals surface area contributed by atoms with E-state index in [4.69, 9.17) is 23.4 Å². The van der Waals surface area contributed by atoms with Crippen molar-refractivity contribution in [1.82, 2.24) is 10.3 Å². The summed E-state index contributed by atoms with van der Waals surface area (Å²) in [5.74, 6) is 0.518. The van der Waals surface area contributed by atoms with Crippen molar-refractivity contribution in [3.8, 4) is 23.0 Å². The van der Waals surface area contributed by atoms with Gasteiger partial charge in [-0.05, 0) is 64.7 Å². The third kappa shape index (κ3) is 6.66. The highest BCUT2D eigenvalue weighted by atomic mass is 16.6. The molecule has 1 amide bonds. The number of hydrogen-bond acceptors (Lipinski definition) is 8. The fourth-order valence-electron chi connectivity index (χ4n) is 3.58. The van der Waals surface area contributed by atoms with E-state index in [0.717, 1.165) is 19.3 Å². The number of carboxylic acids is 1. The molecule has 190 valence electrons. The Bertz CT molecular complexity index is 1060. The van der Waals surface area contributed by atoms with Crippen LogP contribution < -0.4 is 14.8 Å². The summed E-state index contributed by atoms with van der Waals surface area (Å²) < 4.78 is 28.6. The second-order valence-corrected chi connectivity index (χ2v) is 9.92. The number of carboxylic acid groups (broad SMARTS) is 1. The highest BCUT2D eigenvalue weighted by Crippen LogP contribution is 2.37. The van der Waals surface area contributed by atoms with Gasteiger partial charge in [-0.2, -0.15) is 0 Å². The van der Waals surface area contributed by atoms with Crippen LogP contribution in [-0.4, -0.2) is 53.7 Å². The number of amides is 1. The number of ether oxygens (including phenoxy) is 4. The molecule has 10 nitrogen and oxygen atoms in total. The largest absolute Gasteiger partial charge is 0.489 e. The molecule has 0 radical (unpaired) electrons. The summed E-state index contributed by atoms with van der Waals surface area (Å²) in [6, 6.07) is 4.46. The van der Waals surface area contributed by atoms with Gasteiger partial charge < -0.3 is 33.8 Å². The Hall–Kier alpha value is -3.27. The van der Waals surface area contributed by atoms with E-state index in [-0.39, 0.29) is 23.4 Å². The van der Waals surface area contributed by atoms with Gasteiger partial charge in [0.05, 0.1) is 25.9 Å². The number of benzene rings is 1. The van der Waals surface area contributed by atoms with Gasteiger partial charge in [0, 0.05) is 12.0 Å². The van der Waals surface area contributed by atoms with Gasteiger partial charge in [-0.25, -0.2) is 14.6 Å². The van der Waals surface area contributed by atoms with E-state index < -0.39 is 23.7 Å². The first-order chi connectivity index (χ1) is 16.6. The number of aromatic carboxylic acids is 1. The molecule has 0 bridgehead atoms. The molecule has 2 aliphatic rings. The van der Waals surface area contributed by atoms with E-state index in [1.165, 1.54) is 0 Å². The molecule has 1 aromatic carbocycles. The fourth-order valence-corrected chi connectivity index (χ4v) is 3.58. The lowest BCUT2D eigenvalue weighted by molar-refractivity contribution is 0.0498. The van der Waals surface area contributed by atoms with Crippen LogP contribution in [0.2, 0.25) is 0 Å². The lowest BCUT2D eigenvalue weighted by Crippen LogP contribution is -2.34. The minimum atomic E-state index is -1.26. The lowest BCUT2D eigenvalue weighted by Gasteiger charge is -2.21. The third-order valence-corrected chi connectivity index (χ3v) is 5.53. The van der Waals surface area contributed by atoms with E-state index in [1.54, 1.807) is 45.9 Å². The van der Waals surface area contributed by atoms with Crippen molar-refractivity contribution in [2.24, 2.45) is 5.92 Å². The van der Waals surface area contributed by atoms with Crippen molar-refractivity contribution in [2.45, 2.75) is 64.7 Å². The Balaban J connectivity index is 1.58. The smallest absolute Gasteiger partial charge is 0.408 e. The second-order valence-electron chi connectivity index (χ2n) is 9.92. The molecule has 1 saturated carbocycles. The Labute approximate surface area is 203 Å². The first kappa shape index (κ1) is 24.8. The summed E-state index contributed by atoms with van der Waals surface area (Å²) in [5, 5.41) is 12.3. The zero-order valence-corrected chi connectivity index (χ0v) is 20.5. The molecule has 1 aromatic heterocycles. The molecule has 2 aromatic rings. The molecule has 1 saturated heterocycles. The zero-order valence-electron chi connectivity index (χ0n) is 20.5. The predicted octanol–water partition coefficient (Wildman–Crippen LogP) is 4.58. The van der Waals surface area contributed by atoms with E-state index in [9.17, 15) is 14.7 Å². The van der Waals surface area contributed by atoms with Crippen LogP contribution in [0.3, 0.4) is 0 Å². The highest BCUT2D eigenvalue weighted by molar-refractivity contribution is 5.87. The molecule has 1 aliphatic heterocycles. The van der Waals surface area contributed by atoms with Crippen molar-refractivity contribution in [1.29, 1.82) is 0 Å². The molecule has 2 heterocycles. The molecule has 35 heavy (non-hydrogen) atoms. The van der Waals surface area contributed by atoms with Crippen LogP contribution in [0.15, 0.2) is 22.6 Å². The Kier molecular flexibility index (Phi) is 7.20. The molecule has 2 N–H and O–H groups in total. The van der Waals surface area contributed by atoms with Crippen LogP contribution in [0, 0.1) is 5.92 Å². The summed E-state index contributed by atoms with van der Waals surface area (Å²) in [5.41, 5.74) is -0.450. The van der Waals surface area contributed by atoms with E-state index >= 15 is 0 Å². The van der Waals surface area contributed by atoms with E-state index in [1.807, 2.05) is 0 Å². The van der Waals surface area contributed by atoms with Gasteiger partial charge in [0.2, 0.25) is 5.89 Å². The quantitative estimate of drug-likeness (QED) is 0.521. The number of nitrogens with zero attached hydrogens (tertiary/aromatic N) is 1. The molecule has 2 unspecified atom stereocenters. The fraction of sp³-hybridized carbons (Fsp3) is 0.560. The van der Waals surface area contributed by atoms with Gasteiger partial charge in [-0.1, -0.05) is 0 Å². The van der Waals surface area contributed by atoms with Gasteiger partial charge in [0.1, 0.15) is 11.7 Å². The number of alkyl carbamates (subject to hydrolysis) is 1. The SMILES string of the molecule is CC(NC(=O)OC(C)(C)C)c1oc(-c2ccc(OC3CCOC3)c(OCC3CC3)c2)nc1C(=O)O. The van der Waals surface area contributed by atoms with Gasteiger partial charge in [0.15, 0.2) is 23.0 Å². The zero-order chi connectivity index (χ0) is 25.2. The van der Waals surface area contributed by atoms with Crippen LogP contribution in [0.4, 0.5) is 4.79 Å². The number of hydrogen-bond donors (Lipinski definition) is 2. The maximum absolute atomic E-state index is 12.2. The minimum absolute atomic E-state index is 0.0160. The number of nitrogens with one attached hydrogen (secondary N) is 1. The van der Waals surface area contributed by atoms with E-state index in [0.29, 0.717) is 42.8 Å². The first-order valence-electron chi connectivity index (χ1n) is 11.8. The Morgan fingerprint density at radius 3 is 2.63 bits per heavy atom. The van der Waals surface area contributed by atoms with Gasteiger partial charge in [-0.15, -0.1) is 0 Å². The summed E-state index contributed by atoms with van der Waals surface area (Å²) in [6.45, 7) is 8.58. The predicted molar refractivity (Wildman–Crippen MR) is 125 cm³/mol. The summed E-state index contributed by atoms with van der Waals surface area (Å²) in [6.07, 6.45) is 2.35. The van der Waals surface area contributed by atoms with E-state index in [2.05, 4.69) is 10.3 Å². The monoisotopic (exact) mass is 488 g/mol. The molecular weight excluding hydrogens is 456 g/mol. The molecule has 2 fully saturated rings. The summed E-state index contributed by atoms with van der Waals surface area (Å²) in [4.78, 5) is 28.2. The number of rotatable bonds is 9. The minimum Gasteiger partial charge on any atom is -0.489 e. The average Bonchev–Trinajstić information content (AvgIpc) is 3.25. The van der Waals surface area contributed by atoms with Gasteiger partial charge in [-0.3, -0.25) is 0 Å². The summed E-state index contributed by atoms with van der Waals surface area (Å²) in [7, 11) is 0. The third-order valence-electron chi connectivity index (χ3n) is 5.53. The van der Waals surface area contributed by atoms with Crippen molar-refractivity contribution in [3.05, 3.63) is 29.7 Å². The van der Waals surface area contributed by atoms with Gasteiger partial charge in [0.25, 0.3) is 0 Å². The van der Waals surface area contributed by atoms with Crippen molar-refractivity contribution < 1.29 is 38.1 Å². The molecular formula is C25H32N2O8. The molecule has 10 heteroatoms. The van der Waals surface area contributed by atoms with Crippen molar-refractivity contribution in [2.75, 3.05) is 19.8 Å². The Morgan fingerprint density at radius 2 is 2.00 bits per heavy atom. The molecule has 2 atom stereocenters. The number of aromatic nitrogens is 1. The van der Waals surface area contributed by atoms with Crippen LogP contribution >= 0.6 is 0 Å². The van der Waals surface area contributed by atoms with Crippen LogP contribution in [0.25, 0.3) is 11.5 Å². The van der Waals surface area contributed by atoms with Crippen molar-refractivity contribution in [3.63, 3.8) is 0 Å². The van der Waals surface area contributed by atoms with Crippen LogP contribution in [0.5, 0.6) is 11.5 Å². The van der Waals surface area contributed by atoms with Gasteiger partial charge >= 0.3 is 12.1 Å². The maximum atomic E-state index is 12.2. The lowest BCUT2D eigenvalue weighted by atomic mass is 10.2. The Morgan fingerprint density at radius 1 is 1.23 bits per heavy atom. The molecule has 1 aliphatic carbocycles. The van der Waals surface area contributed by atoms with Crippen molar-refractivity contribution >= 4 is 12.1 Å². The maximum Gasteiger partial charge on any atom is 0.408 e. The number of carbonyl (C=O) groups is 2. The normalized spacial score (nSPS) is 18.7. The number of carbonyl (C=O) groups excluding carboxylic acids is 1. The molecule has 0 spiro atoms. The van der Waals surface area contributed by atoms with Crippen LogP contribution in [0.1, 0.15) is 69.2 Å². The topological polar surface area (TPSA) is 129 Å². The second kappa shape index (κ2) is 10.2. The summed E-state index contributed by atoms with van der Waals surface area (Å²) >= 11 is 0. The standard InChI is InChI=1S/C25H32N2O8/c1-14(26-24(30)35-25(2,3)4)21-20(23(28)29)27-22(34-21)16-7-8-18(33-17-9-10-31-13-17)19(11-16)32-12-15-5-6-15/h7-8,11,14-15,17H,5-6,9-10,12-13H2,1-4H3,(H,26,30)(H,28,29). The number of oxazole rings is 1.